The molecule has 0 spiro atoms. The summed E-state index contributed by atoms with van der Waals surface area (Å²) in [5, 5.41) is 3.34. The van der Waals surface area contributed by atoms with Crippen molar-refractivity contribution in [2.75, 3.05) is 5.32 Å². The maximum absolute atomic E-state index is 5.39. The Labute approximate surface area is 111 Å². The molecule has 2 aromatic heterocycles. The van der Waals surface area contributed by atoms with E-state index in [4.69, 9.17) is 4.42 Å². The lowest BCUT2D eigenvalue weighted by molar-refractivity contribution is 0.515. The lowest BCUT2D eigenvalue weighted by Crippen LogP contribution is -1.99. The number of aromatic amines is 1. The third-order valence-corrected chi connectivity index (χ3v) is 3.12. The highest BCUT2D eigenvalue weighted by Crippen LogP contribution is 2.19. The van der Waals surface area contributed by atoms with Gasteiger partial charge in [-0.25, -0.2) is 4.98 Å². The van der Waals surface area contributed by atoms with E-state index in [1.54, 1.807) is 12.6 Å². The first-order valence-electron chi connectivity index (χ1n) is 6.18. The lowest BCUT2D eigenvalue weighted by Gasteiger charge is -2.06. The summed E-state index contributed by atoms with van der Waals surface area (Å²) in [4.78, 5) is 7.11. The molecule has 0 radical (unpaired) electrons. The van der Waals surface area contributed by atoms with Crippen LogP contribution in [0.15, 0.2) is 53.5 Å². The fourth-order valence-corrected chi connectivity index (χ4v) is 1.95. The number of hydrogen-bond donors (Lipinski definition) is 2. The van der Waals surface area contributed by atoms with E-state index in [9.17, 15) is 0 Å². The second-order valence-electron chi connectivity index (χ2n) is 4.42. The molecule has 0 aliphatic heterocycles. The fourth-order valence-electron chi connectivity index (χ4n) is 1.95. The second-order valence-corrected chi connectivity index (χ2v) is 4.42. The Bertz CT molecular complexity index is 638. The number of furan rings is 1. The largest absolute Gasteiger partial charge is 0.467 e. The SMILES string of the molecule is Cc1ccoc1CNc1ccc(-c2cnc[nH]2)cc1. The first-order chi connectivity index (χ1) is 9.33. The van der Waals surface area contributed by atoms with E-state index in [0.717, 1.165) is 22.7 Å². The Morgan fingerprint density at radius 1 is 1.21 bits per heavy atom. The van der Waals surface area contributed by atoms with Gasteiger partial charge in [-0.2, -0.15) is 0 Å². The summed E-state index contributed by atoms with van der Waals surface area (Å²) in [6, 6.07) is 10.2. The number of aromatic nitrogens is 2. The molecule has 0 atom stereocenters. The summed E-state index contributed by atoms with van der Waals surface area (Å²) in [7, 11) is 0. The number of hydrogen-bond acceptors (Lipinski definition) is 3. The van der Waals surface area contributed by atoms with Gasteiger partial charge in [0, 0.05) is 5.69 Å². The minimum Gasteiger partial charge on any atom is -0.467 e. The highest BCUT2D eigenvalue weighted by atomic mass is 16.3. The van der Waals surface area contributed by atoms with Gasteiger partial charge in [0.25, 0.3) is 0 Å². The molecule has 0 unspecified atom stereocenters. The Morgan fingerprint density at radius 3 is 2.68 bits per heavy atom. The minimum absolute atomic E-state index is 0.697. The molecular formula is C15H15N3O. The van der Waals surface area contributed by atoms with Crippen LogP contribution in [0.25, 0.3) is 11.3 Å². The van der Waals surface area contributed by atoms with Crippen LogP contribution in [0.4, 0.5) is 5.69 Å². The van der Waals surface area contributed by atoms with Gasteiger partial charge in [0.05, 0.1) is 31.0 Å². The molecule has 0 fully saturated rings. The molecule has 0 aliphatic carbocycles. The number of nitrogens with one attached hydrogen (secondary N) is 2. The van der Waals surface area contributed by atoms with Crippen LogP contribution in [0, 0.1) is 6.92 Å². The molecule has 4 heteroatoms. The summed E-state index contributed by atoms with van der Waals surface area (Å²) in [5.41, 5.74) is 4.38. The first-order valence-corrected chi connectivity index (χ1v) is 6.18. The average molecular weight is 253 g/mol. The predicted molar refractivity (Wildman–Crippen MR) is 74.8 cm³/mol. The molecule has 0 saturated carbocycles. The maximum atomic E-state index is 5.39. The summed E-state index contributed by atoms with van der Waals surface area (Å²) >= 11 is 0. The van der Waals surface area contributed by atoms with Crippen molar-refractivity contribution in [3.8, 4) is 11.3 Å². The van der Waals surface area contributed by atoms with Gasteiger partial charge in [0.2, 0.25) is 0 Å². The molecule has 19 heavy (non-hydrogen) atoms. The van der Waals surface area contributed by atoms with Crippen molar-refractivity contribution in [3.63, 3.8) is 0 Å². The quantitative estimate of drug-likeness (QED) is 0.747. The van der Waals surface area contributed by atoms with E-state index >= 15 is 0 Å². The van der Waals surface area contributed by atoms with Crippen LogP contribution in [0.2, 0.25) is 0 Å². The maximum Gasteiger partial charge on any atom is 0.125 e. The zero-order valence-corrected chi connectivity index (χ0v) is 10.7. The number of H-pyrrole nitrogens is 1. The normalized spacial score (nSPS) is 10.6. The van der Waals surface area contributed by atoms with Crippen molar-refractivity contribution in [1.82, 2.24) is 9.97 Å². The van der Waals surface area contributed by atoms with E-state index in [1.165, 1.54) is 5.56 Å². The van der Waals surface area contributed by atoms with Crippen LogP contribution < -0.4 is 5.32 Å². The van der Waals surface area contributed by atoms with Gasteiger partial charge in [0.15, 0.2) is 0 Å². The third-order valence-electron chi connectivity index (χ3n) is 3.12. The van der Waals surface area contributed by atoms with Gasteiger partial charge in [-0.05, 0) is 36.2 Å². The van der Waals surface area contributed by atoms with Crippen molar-refractivity contribution >= 4 is 5.69 Å². The van der Waals surface area contributed by atoms with Crippen LogP contribution >= 0.6 is 0 Å². The van der Waals surface area contributed by atoms with E-state index < -0.39 is 0 Å². The number of benzene rings is 1. The van der Waals surface area contributed by atoms with Gasteiger partial charge in [0.1, 0.15) is 5.76 Å². The van der Waals surface area contributed by atoms with Crippen LogP contribution in [0.5, 0.6) is 0 Å². The van der Waals surface area contributed by atoms with Gasteiger partial charge < -0.3 is 14.7 Å². The van der Waals surface area contributed by atoms with Crippen LogP contribution in [0.3, 0.4) is 0 Å². The first kappa shape index (κ1) is 11.6. The smallest absolute Gasteiger partial charge is 0.125 e. The van der Waals surface area contributed by atoms with Crippen molar-refractivity contribution in [2.45, 2.75) is 13.5 Å². The van der Waals surface area contributed by atoms with Crippen LogP contribution in [-0.2, 0) is 6.54 Å². The van der Waals surface area contributed by atoms with E-state index in [1.807, 2.05) is 19.2 Å². The Kier molecular flexibility index (Phi) is 3.06. The number of anilines is 1. The van der Waals surface area contributed by atoms with Crippen molar-refractivity contribution < 1.29 is 4.42 Å². The molecule has 0 bridgehead atoms. The topological polar surface area (TPSA) is 53.9 Å². The lowest BCUT2D eigenvalue weighted by atomic mass is 10.1. The zero-order valence-electron chi connectivity index (χ0n) is 10.7. The van der Waals surface area contributed by atoms with Crippen LogP contribution in [-0.4, -0.2) is 9.97 Å². The van der Waals surface area contributed by atoms with Crippen LogP contribution in [0.1, 0.15) is 11.3 Å². The van der Waals surface area contributed by atoms with Crippen molar-refractivity contribution in [3.05, 3.63) is 60.4 Å². The number of imidazole rings is 1. The molecule has 3 rings (SSSR count). The molecule has 2 N–H and O–H groups in total. The number of rotatable bonds is 4. The Hall–Kier alpha value is -2.49. The standard InChI is InChI=1S/C15H15N3O/c1-11-6-7-19-15(11)9-17-13-4-2-12(3-5-13)14-8-16-10-18-14/h2-8,10,17H,9H2,1H3,(H,16,18). The molecule has 4 nitrogen and oxygen atoms in total. The molecule has 0 amide bonds. The average Bonchev–Trinajstić information content (AvgIpc) is 3.09. The minimum atomic E-state index is 0.697. The van der Waals surface area contributed by atoms with Crippen molar-refractivity contribution in [2.24, 2.45) is 0 Å². The summed E-state index contributed by atoms with van der Waals surface area (Å²) in [6.07, 6.45) is 5.21. The summed E-state index contributed by atoms with van der Waals surface area (Å²) < 4.78 is 5.39. The molecule has 0 aliphatic rings. The summed E-state index contributed by atoms with van der Waals surface area (Å²) in [6.45, 7) is 2.74. The van der Waals surface area contributed by atoms with Gasteiger partial charge in [-0.15, -0.1) is 0 Å². The van der Waals surface area contributed by atoms with Gasteiger partial charge >= 0.3 is 0 Å². The molecule has 96 valence electrons. The fraction of sp³-hybridized carbons (Fsp3) is 0.133. The highest BCUT2D eigenvalue weighted by Gasteiger charge is 2.02. The number of nitrogens with zero attached hydrogens (tertiary/aromatic N) is 1. The van der Waals surface area contributed by atoms with E-state index in [2.05, 4.69) is 39.6 Å². The molecule has 1 aromatic carbocycles. The molecular weight excluding hydrogens is 238 g/mol. The van der Waals surface area contributed by atoms with Gasteiger partial charge in [-0.3, -0.25) is 0 Å². The van der Waals surface area contributed by atoms with Crippen molar-refractivity contribution in [1.29, 1.82) is 0 Å². The molecule has 2 heterocycles. The van der Waals surface area contributed by atoms with E-state index in [0.29, 0.717) is 6.54 Å². The number of aryl methyl sites for hydroxylation is 1. The Morgan fingerprint density at radius 2 is 2.05 bits per heavy atom. The third kappa shape index (κ3) is 2.52. The van der Waals surface area contributed by atoms with Gasteiger partial charge in [-0.1, -0.05) is 12.1 Å². The molecule has 0 saturated heterocycles. The van der Waals surface area contributed by atoms with E-state index in [-0.39, 0.29) is 0 Å². The Balaban J connectivity index is 1.68. The predicted octanol–water partition coefficient (Wildman–Crippen LogP) is 3.59. The monoisotopic (exact) mass is 253 g/mol. The summed E-state index contributed by atoms with van der Waals surface area (Å²) in [5.74, 6) is 0.970. The highest BCUT2D eigenvalue weighted by molar-refractivity contribution is 5.61. The zero-order chi connectivity index (χ0) is 13.1. The molecule has 3 aromatic rings. The second kappa shape index (κ2) is 5.02.